The van der Waals surface area contributed by atoms with Crippen LogP contribution in [0.25, 0.3) is 0 Å². The van der Waals surface area contributed by atoms with Crippen molar-refractivity contribution in [3.05, 3.63) is 6.42 Å². The summed E-state index contributed by atoms with van der Waals surface area (Å²) in [5.74, 6) is -2.48. The van der Waals surface area contributed by atoms with Gasteiger partial charge in [0.2, 0.25) is 0 Å². The fourth-order valence-electron chi connectivity index (χ4n) is 1.34. The second kappa shape index (κ2) is 7.19. The first-order valence-electron chi connectivity index (χ1n) is 4.78. The van der Waals surface area contributed by atoms with E-state index in [0.717, 1.165) is 0 Å². The fourth-order valence-corrected chi connectivity index (χ4v) is 1.34. The predicted molar refractivity (Wildman–Crippen MR) is 54.9 cm³/mol. The van der Waals surface area contributed by atoms with E-state index in [1.807, 2.05) is 0 Å². The molecule has 0 aliphatic carbocycles. The minimum absolute atomic E-state index is 0.287. The van der Waals surface area contributed by atoms with Crippen LogP contribution in [0.5, 0.6) is 0 Å². The van der Waals surface area contributed by atoms with E-state index < -0.39 is 24.1 Å². The van der Waals surface area contributed by atoms with Crippen molar-refractivity contribution in [1.29, 1.82) is 0 Å². The van der Waals surface area contributed by atoms with Gasteiger partial charge in [0, 0.05) is 20.6 Å². The Kier molecular flexibility index (Phi) is 6.67. The number of carbonyl (C=O) groups is 2. The standard InChI is InChI=1S/C10H17O6/c1-6(8(16-3)10(13)14)4-5-7(15-2)9(11)12/h5-8H,4H2,1-3H3,(H,11,12)(H,13,14). The third kappa shape index (κ3) is 4.59. The van der Waals surface area contributed by atoms with E-state index in [-0.39, 0.29) is 12.3 Å². The molecule has 1 radical (unpaired) electrons. The number of hydrogen-bond acceptors (Lipinski definition) is 4. The summed E-state index contributed by atoms with van der Waals surface area (Å²) in [6.45, 7) is 1.67. The number of carboxylic acids is 2. The number of rotatable bonds is 8. The SMILES string of the molecule is COC([CH]CC(C)C(OC)C(=O)O)C(=O)O. The van der Waals surface area contributed by atoms with Crippen LogP contribution in [0, 0.1) is 12.3 Å². The van der Waals surface area contributed by atoms with Gasteiger partial charge in [-0.25, -0.2) is 9.59 Å². The average molecular weight is 233 g/mol. The van der Waals surface area contributed by atoms with Crippen LogP contribution < -0.4 is 0 Å². The highest BCUT2D eigenvalue weighted by molar-refractivity contribution is 5.74. The molecule has 0 aromatic carbocycles. The third-order valence-electron chi connectivity index (χ3n) is 2.23. The van der Waals surface area contributed by atoms with E-state index in [1.54, 1.807) is 6.92 Å². The van der Waals surface area contributed by atoms with Gasteiger partial charge in [0.25, 0.3) is 0 Å². The Morgan fingerprint density at radius 2 is 1.75 bits per heavy atom. The molecule has 6 heteroatoms. The van der Waals surface area contributed by atoms with Crippen LogP contribution >= 0.6 is 0 Å². The number of carboxylic acid groups (broad SMARTS) is 2. The van der Waals surface area contributed by atoms with Gasteiger partial charge in [0.15, 0.2) is 12.2 Å². The van der Waals surface area contributed by atoms with Crippen LogP contribution in [0.15, 0.2) is 0 Å². The molecule has 0 aromatic heterocycles. The lowest BCUT2D eigenvalue weighted by Gasteiger charge is -2.19. The molecule has 0 fully saturated rings. The van der Waals surface area contributed by atoms with Crippen LogP contribution in [0.4, 0.5) is 0 Å². The van der Waals surface area contributed by atoms with E-state index >= 15 is 0 Å². The first kappa shape index (κ1) is 14.9. The maximum Gasteiger partial charge on any atom is 0.333 e. The van der Waals surface area contributed by atoms with Crippen molar-refractivity contribution < 1.29 is 29.3 Å². The summed E-state index contributed by atoms with van der Waals surface area (Å²) >= 11 is 0. The van der Waals surface area contributed by atoms with Gasteiger partial charge >= 0.3 is 11.9 Å². The molecule has 0 amide bonds. The van der Waals surface area contributed by atoms with Gasteiger partial charge in [-0.15, -0.1) is 0 Å². The van der Waals surface area contributed by atoms with Crippen LogP contribution in [0.1, 0.15) is 13.3 Å². The molecule has 0 heterocycles. The number of aliphatic carboxylic acids is 2. The summed E-state index contributed by atoms with van der Waals surface area (Å²) < 4.78 is 9.48. The molecule has 0 saturated carbocycles. The molecule has 3 atom stereocenters. The molecule has 0 bridgehead atoms. The topological polar surface area (TPSA) is 93.1 Å². The molecule has 0 aromatic rings. The second-order valence-corrected chi connectivity index (χ2v) is 3.44. The largest absolute Gasteiger partial charge is 0.479 e. The first-order chi connectivity index (χ1) is 7.43. The van der Waals surface area contributed by atoms with Crippen molar-refractivity contribution in [2.45, 2.75) is 25.6 Å². The van der Waals surface area contributed by atoms with Crippen molar-refractivity contribution in [3.8, 4) is 0 Å². The molecule has 0 spiro atoms. The Morgan fingerprint density at radius 1 is 1.19 bits per heavy atom. The summed E-state index contributed by atoms with van der Waals surface area (Å²) in [7, 11) is 2.59. The minimum atomic E-state index is -1.10. The van der Waals surface area contributed by atoms with E-state index in [0.29, 0.717) is 0 Å². The molecule has 93 valence electrons. The summed E-state index contributed by atoms with van der Waals surface area (Å²) in [6.07, 6.45) is -0.256. The smallest absolute Gasteiger partial charge is 0.333 e. The first-order valence-corrected chi connectivity index (χ1v) is 4.78. The van der Waals surface area contributed by atoms with Crippen molar-refractivity contribution in [1.82, 2.24) is 0 Å². The maximum atomic E-state index is 10.7. The highest BCUT2D eigenvalue weighted by atomic mass is 16.5. The molecule has 0 aliphatic rings. The third-order valence-corrected chi connectivity index (χ3v) is 2.23. The van der Waals surface area contributed by atoms with E-state index in [2.05, 4.69) is 0 Å². The number of hydrogen-bond donors (Lipinski definition) is 2. The molecular weight excluding hydrogens is 216 g/mol. The maximum absolute atomic E-state index is 10.7. The van der Waals surface area contributed by atoms with Gasteiger partial charge in [-0.3, -0.25) is 0 Å². The van der Waals surface area contributed by atoms with Crippen molar-refractivity contribution >= 4 is 11.9 Å². The zero-order valence-corrected chi connectivity index (χ0v) is 9.54. The van der Waals surface area contributed by atoms with Crippen molar-refractivity contribution in [3.63, 3.8) is 0 Å². The molecule has 0 saturated heterocycles. The van der Waals surface area contributed by atoms with Gasteiger partial charge in [-0.2, -0.15) is 0 Å². The molecule has 0 aliphatic heterocycles. The van der Waals surface area contributed by atoms with Gasteiger partial charge in [0.05, 0.1) is 0 Å². The Bertz CT molecular complexity index is 239. The highest BCUT2D eigenvalue weighted by Gasteiger charge is 2.26. The lowest BCUT2D eigenvalue weighted by atomic mass is 9.97. The zero-order valence-electron chi connectivity index (χ0n) is 9.54. The fraction of sp³-hybridized carbons (Fsp3) is 0.700. The van der Waals surface area contributed by atoms with E-state index in [4.69, 9.17) is 19.7 Å². The minimum Gasteiger partial charge on any atom is -0.479 e. The van der Waals surface area contributed by atoms with Crippen LogP contribution in [-0.4, -0.2) is 48.6 Å². The summed E-state index contributed by atoms with van der Waals surface area (Å²) in [5, 5.41) is 17.5. The van der Waals surface area contributed by atoms with Gasteiger partial charge in [-0.1, -0.05) is 6.92 Å². The van der Waals surface area contributed by atoms with Gasteiger partial charge < -0.3 is 19.7 Å². The monoisotopic (exact) mass is 233 g/mol. The summed E-state index contributed by atoms with van der Waals surface area (Å²) in [5.41, 5.74) is 0. The van der Waals surface area contributed by atoms with Crippen LogP contribution in [0.2, 0.25) is 0 Å². The molecular formula is C10H17O6. The van der Waals surface area contributed by atoms with E-state index in [1.165, 1.54) is 20.6 Å². The molecule has 3 unspecified atom stereocenters. The number of methoxy groups -OCH3 is 2. The molecule has 16 heavy (non-hydrogen) atoms. The van der Waals surface area contributed by atoms with Crippen molar-refractivity contribution in [2.75, 3.05) is 14.2 Å². The van der Waals surface area contributed by atoms with Gasteiger partial charge in [-0.05, 0) is 12.3 Å². The quantitative estimate of drug-likeness (QED) is 0.631. The second-order valence-electron chi connectivity index (χ2n) is 3.44. The van der Waals surface area contributed by atoms with Crippen LogP contribution in [-0.2, 0) is 19.1 Å². The zero-order chi connectivity index (χ0) is 12.7. The summed E-state index contributed by atoms with van der Waals surface area (Å²) in [4.78, 5) is 21.3. The molecule has 6 nitrogen and oxygen atoms in total. The molecule has 0 rings (SSSR count). The van der Waals surface area contributed by atoms with Gasteiger partial charge in [0.1, 0.15) is 0 Å². The molecule has 2 N–H and O–H groups in total. The van der Waals surface area contributed by atoms with Crippen molar-refractivity contribution in [2.24, 2.45) is 5.92 Å². The lowest BCUT2D eigenvalue weighted by Crippen LogP contribution is -2.31. The Morgan fingerprint density at radius 3 is 2.06 bits per heavy atom. The average Bonchev–Trinajstić information content (AvgIpc) is 2.18. The Labute approximate surface area is 94.2 Å². The van der Waals surface area contributed by atoms with E-state index in [9.17, 15) is 9.59 Å². The Balaban J connectivity index is 4.18. The highest BCUT2D eigenvalue weighted by Crippen LogP contribution is 2.15. The lowest BCUT2D eigenvalue weighted by molar-refractivity contribution is -0.151. The summed E-state index contributed by atoms with van der Waals surface area (Å²) in [6, 6.07) is 0. The predicted octanol–water partition coefficient (Wildman–Crippen LogP) is 0.416. The Hall–Kier alpha value is -1.14. The normalized spacial score (nSPS) is 16.4. The van der Waals surface area contributed by atoms with Crippen LogP contribution in [0.3, 0.4) is 0 Å². The number of ether oxygens (including phenoxy) is 2.